The van der Waals surface area contributed by atoms with E-state index in [0.29, 0.717) is 25.1 Å². The van der Waals surface area contributed by atoms with Gasteiger partial charge in [-0.25, -0.2) is 0 Å². The molecule has 0 bridgehead atoms. The normalized spacial score (nSPS) is 20.2. The van der Waals surface area contributed by atoms with Crippen LogP contribution in [0, 0.1) is 11.8 Å². The van der Waals surface area contributed by atoms with Crippen molar-refractivity contribution in [3.63, 3.8) is 0 Å². The fraction of sp³-hybridized carbons (Fsp3) is 0.366. The zero-order valence-corrected chi connectivity index (χ0v) is 27.7. The number of allylic oxidation sites excluding steroid dienone is 1. The van der Waals surface area contributed by atoms with Gasteiger partial charge in [-0.3, -0.25) is 9.59 Å². The summed E-state index contributed by atoms with van der Waals surface area (Å²) < 4.78 is 6.06. The molecule has 1 fully saturated rings. The van der Waals surface area contributed by atoms with Gasteiger partial charge in [0.25, 0.3) is 0 Å². The summed E-state index contributed by atoms with van der Waals surface area (Å²) in [6.07, 6.45) is 17.1. The van der Waals surface area contributed by atoms with E-state index in [2.05, 4.69) is 22.1 Å². The smallest absolute Gasteiger partial charge is 0.161 e. The van der Waals surface area contributed by atoms with E-state index in [1.807, 2.05) is 54.7 Å². The molecule has 49 heavy (non-hydrogen) atoms. The Balaban J connectivity index is 1.08. The first-order chi connectivity index (χ1) is 23.9. The second-order valence-corrected chi connectivity index (χ2v) is 13.7. The summed E-state index contributed by atoms with van der Waals surface area (Å²) in [5.74, 6) is 0.879. The van der Waals surface area contributed by atoms with E-state index in [1.54, 1.807) is 18.3 Å². The van der Waals surface area contributed by atoms with E-state index in [-0.39, 0.29) is 53.8 Å². The number of hydrogen-bond donors (Lipinski definition) is 3. The second-order valence-electron chi connectivity index (χ2n) is 13.7. The third kappa shape index (κ3) is 7.53. The van der Waals surface area contributed by atoms with Gasteiger partial charge in [0.1, 0.15) is 17.3 Å². The predicted octanol–water partition coefficient (Wildman–Crippen LogP) is 8.33. The molecule has 0 unspecified atom stereocenters. The third-order valence-electron chi connectivity index (χ3n) is 10.4. The number of carbonyl (C=O) groups excluding carboxylic acids is 2. The van der Waals surface area contributed by atoms with Crippen molar-refractivity contribution in [2.75, 3.05) is 6.54 Å². The van der Waals surface area contributed by atoms with E-state index in [0.717, 1.165) is 77.9 Å². The molecule has 2 heterocycles. The molecule has 0 saturated heterocycles. The standard InChI is InChI=1S/C41H43N3O5/c45-30(15-11-27-13-17-37(47)39(22-27)49-31-6-1-2-7-31)24-38(48)41-29(25-44-40-9-4-19-43-40)23-35-33(18-20-42-35)34(41)21-26-10-14-28-5-3-8-36(46)32(28)16-12-26/h3-5,8-9,12-13,16-20,22-23,26,31,34,41,43,46-47H,1-2,6-7,10-11,14-15,21,24-25H2/q-2/t26-,34-,41-/m0/s1. The van der Waals surface area contributed by atoms with Crippen molar-refractivity contribution in [1.29, 1.82) is 0 Å². The molecule has 3 aliphatic rings. The van der Waals surface area contributed by atoms with Crippen LogP contribution in [0.15, 0.2) is 78.6 Å². The van der Waals surface area contributed by atoms with Gasteiger partial charge < -0.3 is 30.2 Å². The lowest BCUT2D eigenvalue weighted by atomic mass is 9.69. The number of nitrogens with one attached hydrogen (secondary N) is 1. The van der Waals surface area contributed by atoms with Crippen LogP contribution < -0.4 is 9.72 Å². The summed E-state index contributed by atoms with van der Waals surface area (Å²) in [6.45, 7) is 0.324. The number of aromatic hydroxyl groups is 2. The van der Waals surface area contributed by atoms with Crippen molar-refractivity contribution in [2.45, 2.75) is 76.2 Å². The van der Waals surface area contributed by atoms with Crippen LogP contribution in [0.3, 0.4) is 0 Å². The van der Waals surface area contributed by atoms with Gasteiger partial charge in [0.15, 0.2) is 11.5 Å². The number of nitrogens with zero attached hydrogens (tertiary/aromatic N) is 2. The van der Waals surface area contributed by atoms with E-state index in [1.165, 1.54) is 0 Å². The first-order valence-corrected chi connectivity index (χ1v) is 17.6. The molecule has 0 aliphatic heterocycles. The van der Waals surface area contributed by atoms with Crippen LogP contribution in [0.1, 0.15) is 85.2 Å². The Morgan fingerprint density at radius 2 is 1.88 bits per heavy atom. The molecule has 1 saturated carbocycles. The first-order valence-electron chi connectivity index (χ1n) is 17.6. The number of benzene rings is 2. The van der Waals surface area contributed by atoms with Crippen molar-refractivity contribution in [1.82, 2.24) is 9.97 Å². The van der Waals surface area contributed by atoms with Crippen molar-refractivity contribution in [3.8, 4) is 17.2 Å². The predicted molar refractivity (Wildman–Crippen MR) is 190 cm³/mol. The highest BCUT2D eigenvalue weighted by molar-refractivity contribution is 6.02. The highest BCUT2D eigenvalue weighted by Crippen LogP contribution is 2.45. The fourth-order valence-corrected chi connectivity index (χ4v) is 7.80. The minimum atomic E-state index is -0.508. The zero-order chi connectivity index (χ0) is 33.7. The maximum Gasteiger partial charge on any atom is 0.161 e. The minimum Gasteiger partial charge on any atom is -0.664 e. The van der Waals surface area contributed by atoms with E-state index >= 15 is 0 Å². The lowest BCUT2D eigenvalue weighted by molar-refractivity contribution is -0.129. The number of fused-ring (bicyclic) bond motifs is 2. The lowest BCUT2D eigenvalue weighted by Gasteiger charge is -2.37. The number of carbonyl (C=O) groups is 2. The summed E-state index contributed by atoms with van der Waals surface area (Å²) in [4.78, 5) is 35.5. The highest BCUT2D eigenvalue weighted by atomic mass is 16.5. The van der Waals surface area contributed by atoms with Crippen LogP contribution >= 0.6 is 0 Å². The molecule has 2 aromatic carbocycles. The number of phenolic OH excluding ortho intramolecular Hbond substituents is 2. The molecule has 7 rings (SSSR count). The molecule has 3 atom stereocenters. The first kappa shape index (κ1) is 32.6. The SMILES string of the molecule is O=C(CCc1ccc(O)c(OC2CCCC2)c1)CC(=O)[C@H]1C(C[N-]c2ccc[nH]2)=Cc2[n-]ccc2[C@@H]1C[C@@H]1C=Cc2c(O)cccc2CC1. The second kappa shape index (κ2) is 14.6. The topological polar surface area (TPSA) is 128 Å². The Bertz CT molecular complexity index is 1850. The van der Waals surface area contributed by atoms with Crippen molar-refractivity contribution in [3.05, 3.63) is 112 Å². The van der Waals surface area contributed by atoms with Gasteiger partial charge in [-0.1, -0.05) is 77.8 Å². The van der Waals surface area contributed by atoms with Gasteiger partial charge in [0, 0.05) is 17.9 Å². The Morgan fingerprint density at radius 1 is 1.00 bits per heavy atom. The van der Waals surface area contributed by atoms with Crippen molar-refractivity contribution < 1.29 is 24.5 Å². The molecule has 8 nitrogen and oxygen atoms in total. The molecular weight excluding hydrogens is 614 g/mol. The molecule has 254 valence electrons. The van der Waals surface area contributed by atoms with Crippen molar-refractivity contribution in [2.24, 2.45) is 11.8 Å². The Hall–Kier alpha value is -4.98. The molecule has 0 amide bonds. The molecule has 0 spiro atoms. The van der Waals surface area contributed by atoms with Gasteiger partial charge in [0.05, 0.1) is 12.5 Å². The molecule has 3 aliphatic carbocycles. The monoisotopic (exact) mass is 657 g/mol. The van der Waals surface area contributed by atoms with E-state index in [4.69, 9.17) is 10.1 Å². The van der Waals surface area contributed by atoms with Gasteiger partial charge in [0.2, 0.25) is 0 Å². The lowest BCUT2D eigenvalue weighted by Crippen LogP contribution is -2.31. The highest BCUT2D eigenvalue weighted by Gasteiger charge is 2.36. The maximum atomic E-state index is 14.3. The van der Waals surface area contributed by atoms with Crippen LogP contribution in [0.25, 0.3) is 17.5 Å². The average Bonchev–Trinajstić information content (AvgIpc) is 3.88. The number of aromatic nitrogens is 2. The number of aromatic amines is 1. The molecule has 2 aromatic heterocycles. The quantitative estimate of drug-likeness (QED) is 0.124. The number of ketones is 2. The Morgan fingerprint density at radius 3 is 2.71 bits per heavy atom. The molecule has 8 heteroatoms. The Kier molecular flexibility index (Phi) is 9.73. The number of hydrogen-bond acceptors (Lipinski definition) is 5. The Labute approximate surface area is 287 Å². The van der Waals surface area contributed by atoms with Crippen molar-refractivity contribution >= 4 is 29.5 Å². The zero-order valence-electron chi connectivity index (χ0n) is 27.7. The number of rotatable bonds is 13. The van der Waals surface area contributed by atoms with Crippen LogP contribution in [-0.4, -0.2) is 39.4 Å². The third-order valence-corrected chi connectivity index (χ3v) is 10.4. The molecule has 3 N–H and O–H groups in total. The largest absolute Gasteiger partial charge is 0.664 e. The molecular formula is C41H43N3O5-2. The van der Waals surface area contributed by atoms with Crippen LogP contribution in [0.2, 0.25) is 0 Å². The fourth-order valence-electron chi connectivity index (χ4n) is 7.80. The van der Waals surface area contributed by atoms with Crippen LogP contribution in [0.4, 0.5) is 5.82 Å². The summed E-state index contributed by atoms with van der Waals surface area (Å²) in [5, 5.41) is 25.6. The summed E-state index contributed by atoms with van der Waals surface area (Å²) in [7, 11) is 0. The van der Waals surface area contributed by atoms with Gasteiger partial charge in [-0.05, 0) is 99.1 Å². The van der Waals surface area contributed by atoms with Gasteiger partial charge >= 0.3 is 0 Å². The summed E-state index contributed by atoms with van der Waals surface area (Å²) in [5.41, 5.74) is 5.64. The number of Topliss-reactive ketones (excluding diaryl/α,β-unsaturated/α-hetero) is 2. The average molecular weight is 658 g/mol. The maximum absolute atomic E-state index is 14.3. The number of phenols is 2. The summed E-state index contributed by atoms with van der Waals surface area (Å²) in [6, 6.07) is 16.7. The van der Waals surface area contributed by atoms with Crippen LogP contribution in [-0.2, 0) is 22.4 Å². The van der Waals surface area contributed by atoms with Gasteiger partial charge in [-0.15, -0.1) is 5.69 Å². The number of ether oxygens (including phenoxy) is 1. The van der Waals surface area contributed by atoms with E-state index in [9.17, 15) is 19.8 Å². The summed E-state index contributed by atoms with van der Waals surface area (Å²) >= 11 is 0. The van der Waals surface area contributed by atoms with E-state index < -0.39 is 5.92 Å². The van der Waals surface area contributed by atoms with Gasteiger partial charge in [-0.2, -0.15) is 6.20 Å². The van der Waals surface area contributed by atoms with Crippen LogP contribution in [0.5, 0.6) is 17.2 Å². The molecule has 0 radical (unpaired) electrons. The number of aryl methyl sites for hydroxylation is 2. The molecule has 4 aromatic rings. The number of H-pyrrole nitrogens is 1. The minimum absolute atomic E-state index is 0.0933.